The monoisotopic (exact) mass is 390 g/mol. The zero-order valence-electron chi connectivity index (χ0n) is 15.4. The number of amides is 1. The van der Waals surface area contributed by atoms with Crippen LogP contribution in [-0.4, -0.2) is 43.7 Å². The summed E-state index contributed by atoms with van der Waals surface area (Å²) >= 11 is 6.06. The molecule has 1 fully saturated rings. The number of hydrogen-bond acceptors (Lipinski definition) is 3. The van der Waals surface area contributed by atoms with Crippen molar-refractivity contribution < 1.29 is 13.9 Å². The van der Waals surface area contributed by atoms with Crippen molar-refractivity contribution in [2.45, 2.75) is 19.4 Å². The van der Waals surface area contributed by atoms with Crippen LogP contribution >= 0.6 is 11.6 Å². The molecule has 1 aliphatic rings. The molecule has 1 saturated heterocycles. The molecule has 0 radical (unpaired) electrons. The van der Waals surface area contributed by atoms with Gasteiger partial charge < -0.3 is 10.1 Å². The average molecular weight is 391 g/mol. The highest BCUT2D eigenvalue weighted by Gasteiger charge is 2.21. The number of aryl methyl sites for hydroxylation is 1. The second-order valence-electron chi connectivity index (χ2n) is 6.82. The molecule has 6 heteroatoms. The molecule has 0 saturated carbocycles. The fourth-order valence-corrected chi connectivity index (χ4v) is 3.41. The second-order valence-corrected chi connectivity index (χ2v) is 7.23. The Kier molecular flexibility index (Phi) is 6.83. The first kappa shape index (κ1) is 19.8. The molecule has 0 aromatic heterocycles. The van der Waals surface area contributed by atoms with Crippen molar-refractivity contribution in [3.8, 4) is 0 Å². The summed E-state index contributed by atoms with van der Waals surface area (Å²) in [5.41, 5.74) is 2.42. The van der Waals surface area contributed by atoms with Gasteiger partial charge in [0, 0.05) is 30.2 Å². The van der Waals surface area contributed by atoms with Crippen LogP contribution in [0, 0.1) is 12.7 Å². The predicted octanol–water partition coefficient (Wildman–Crippen LogP) is 3.52. The first-order valence-electron chi connectivity index (χ1n) is 9.12. The van der Waals surface area contributed by atoms with Crippen molar-refractivity contribution in [3.05, 3.63) is 70.0 Å². The number of carbonyl (C=O) groups is 1. The third-order valence-corrected chi connectivity index (χ3v) is 5.11. The van der Waals surface area contributed by atoms with E-state index in [0.29, 0.717) is 19.8 Å². The molecule has 0 unspecified atom stereocenters. The lowest BCUT2D eigenvalue weighted by atomic mass is 10.0. The van der Waals surface area contributed by atoms with E-state index in [1.807, 2.05) is 31.2 Å². The summed E-state index contributed by atoms with van der Waals surface area (Å²) < 4.78 is 19.4. The Labute approximate surface area is 164 Å². The van der Waals surface area contributed by atoms with Crippen molar-refractivity contribution in [2.75, 3.05) is 32.8 Å². The first-order chi connectivity index (χ1) is 13.0. The van der Waals surface area contributed by atoms with Crippen LogP contribution < -0.4 is 5.32 Å². The maximum atomic E-state index is 14.0. The van der Waals surface area contributed by atoms with Gasteiger partial charge in [0.15, 0.2) is 0 Å². The Morgan fingerprint density at radius 3 is 2.59 bits per heavy atom. The summed E-state index contributed by atoms with van der Waals surface area (Å²) in [6.07, 6.45) is -0.0863. The summed E-state index contributed by atoms with van der Waals surface area (Å²) in [4.78, 5) is 14.9. The Morgan fingerprint density at radius 2 is 1.93 bits per heavy atom. The summed E-state index contributed by atoms with van der Waals surface area (Å²) in [6.45, 7) is 5.76. The second kappa shape index (κ2) is 9.31. The van der Waals surface area contributed by atoms with Crippen LogP contribution in [0.25, 0.3) is 0 Å². The lowest BCUT2D eigenvalue weighted by molar-refractivity contribution is -0.121. The lowest BCUT2D eigenvalue weighted by Crippen LogP contribution is -2.43. The lowest BCUT2D eigenvalue weighted by Gasteiger charge is -2.31. The highest BCUT2D eigenvalue weighted by atomic mass is 35.5. The van der Waals surface area contributed by atoms with Gasteiger partial charge in [-0.25, -0.2) is 4.39 Å². The van der Waals surface area contributed by atoms with Crippen molar-refractivity contribution in [2.24, 2.45) is 0 Å². The van der Waals surface area contributed by atoms with Gasteiger partial charge in [0.25, 0.3) is 0 Å². The van der Waals surface area contributed by atoms with E-state index >= 15 is 0 Å². The summed E-state index contributed by atoms with van der Waals surface area (Å²) in [5.74, 6) is -0.710. The fraction of sp³-hybridized carbons (Fsp3) is 0.381. The molecule has 0 spiro atoms. The maximum absolute atomic E-state index is 14.0. The van der Waals surface area contributed by atoms with Crippen LogP contribution in [0.4, 0.5) is 4.39 Å². The van der Waals surface area contributed by atoms with Gasteiger partial charge in [0.05, 0.1) is 25.7 Å². The molecular weight excluding hydrogens is 367 g/mol. The van der Waals surface area contributed by atoms with Crippen LogP contribution in [0.3, 0.4) is 0 Å². The average Bonchev–Trinajstić information content (AvgIpc) is 2.66. The van der Waals surface area contributed by atoms with E-state index < -0.39 is 5.82 Å². The number of nitrogens with one attached hydrogen (secondary N) is 1. The summed E-state index contributed by atoms with van der Waals surface area (Å²) in [6, 6.07) is 12.4. The first-order valence-corrected chi connectivity index (χ1v) is 9.49. The molecule has 0 aliphatic carbocycles. The minimum absolute atomic E-state index is 0.0863. The number of nitrogens with zero attached hydrogens (tertiary/aromatic N) is 1. The molecule has 1 aliphatic heterocycles. The van der Waals surface area contributed by atoms with Gasteiger partial charge in [-0.2, -0.15) is 0 Å². The van der Waals surface area contributed by atoms with E-state index in [-0.39, 0.29) is 29.0 Å². The Balaban J connectivity index is 1.73. The molecule has 1 heterocycles. The van der Waals surface area contributed by atoms with Crippen molar-refractivity contribution >= 4 is 17.5 Å². The topological polar surface area (TPSA) is 41.6 Å². The van der Waals surface area contributed by atoms with E-state index in [9.17, 15) is 9.18 Å². The van der Waals surface area contributed by atoms with Crippen LogP contribution in [0.2, 0.25) is 5.02 Å². The Hall–Kier alpha value is -1.95. The van der Waals surface area contributed by atoms with Gasteiger partial charge in [0.1, 0.15) is 5.82 Å². The molecule has 2 aromatic carbocycles. The van der Waals surface area contributed by atoms with Crippen molar-refractivity contribution in [3.63, 3.8) is 0 Å². The Morgan fingerprint density at radius 1 is 1.22 bits per heavy atom. The van der Waals surface area contributed by atoms with E-state index in [4.69, 9.17) is 16.3 Å². The van der Waals surface area contributed by atoms with Crippen LogP contribution in [0.1, 0.15) is 22.7 Å². The zero-order valence-corrected chi connectivity index (χ0v) is 16.1. The molecule has 144 valence electrons. The van der Waals surface area contributed by atoms with Gasteiger partial charge in [-0.15, -0.1) is 0 Å². The van der Waals surface area contributed by atoms with Crippen molar-refractivity contribution in [1.29, 1.82) is 0 Å². The van der Waals surface area contributed by atoms with Gasteiger partial charge in [-0.3, -0.25) is 9.69 Å². The summed E-state index contributed by atoms with van der Waals surface area (Å²) in [5, 5.41) is 3.32. The quantitative estimate of drug-likeness (QED) is 0.820. The molecule has 0 bridgehead atoms. The number of rotatable bonds is 6. The number of hydrogen-bond donors (Lipinski definition) is 1. The number of morpholine rings is 1. The molecular formula is C21H24ClFN2O2. The molecule has 4 nitrogen and oxygen atoms in total. The third kappa shape index (κ3) is 5.51. The highest BCUT2D eigenvalue weighted by molar-refractivity contribution is 6.31. The van der Waals surface area contributed by atoms with E-state index in [1.54, 1.807) is 6.07 Å². The highest BCUT2D eigenvalue weighted by Crippen LogP contribution is 2.21. The molecule has 27 heavy (non-hydrogen) atoms. The van der Waals surface area contributed by atoms with Gasteiger partial charge >= 0.3 is 0 Å². The third-order valence-electron chi connectivity index (χ3n) is 4.76. The van der Waals surface area contributed by atoms with Gasteiger partial charge in [-0.1, -0.05) is 47.5 Å². The molecule has 1 N–H and O–H groups in total. The number of benzene rings is 2. The van der Waals surface area contributed by atoms with E-state index in [2.05, 4.69) is 10.2 Å². The van der Waals surface area contributed by atoms with Gasteiger partial charge in [-0.05, 0) is 24.6 Å². The van der Waals surface area contributed by atoms with Crippen LogP contribution in [0.15, 0.2) is 42.5 Å². The van der Waals surface area contributed by atoms with Crippen LogP contribution in [-0.2, 0) is 16.0 Å². The van der Waals surface area contributed by atoms with E-state index in [1.165, 1.54) is 12.1 Å². The number of halogens is 2. The molecule has 1 amide bonds. The SMILES string of the molecule is Cc1ccc([C@@H](CN2CCOCC2)NC(=O)Cc2c(F)cccc2Cl)cc1. The predicted molar refractivity (Wildman–Crippen MR) is 104 cm³/mol. The van der Waals surface area contributed by atoms with Gasteiger partial charge in [0.2, 0.25) is 5.91 Å². The Bertz CT molecular complexity index is 756. The minimum atomic E-state index is -0.460. The number of carbonyl (C=O) groups excluding carboxylic acids is 1. The molecule has 1 atom stereocenters. The fourth-order valence-electron chi connectivity index (χ4n) is 3.18. The van der Waals surface area contributed by atoms with Crippen molar-refractivity contribution in [1.82, 2.24) is 10.2 Å². The smallest absolute Gasteiger partial charge is 0.225 e. The summed E-state index contributed by atoms with van der Waals surface area (Å²) in [7, 11) is 0. The zero-order chi connectivity index (χ0) is 19.2. The minimum Gasteiger partial charge on any atom is -0.379 e. The van der Waals surface area contributed by atoms with E-state index in [0.717, 1.165) is 24.2 Å². The largest absolute Gasteiger partial charge is 0.379 e. The standard InChI is InChI=1S/C21H24ClFN2O2/c1-15-5-7-16(8-6-15)20(14-25-9-11-27-12-10-25)24-21(26)13-17-18(22)3-2-4-19(17)23/h2-8,20H,9-14H2,1H3,(H,24,26)/t20-/m1/s1. The number of ether oxygens (including phenoxy) is 1. The molecule has 3 rings (SSSR count). The normalized spacial score (nSPS) is 16.1. The van der Waals surface area contributed by atoms with Crippen LogP contribution in [0.5, 0.6) is 0 Å². The maximum Gasteiger partial charge on any atom is 0.225 e. The molecule has 2 aromatic rings.